The van der Waals surface area contributed by atoms with Crippen LogP contribution in [0.1, 0.15) is 21.7 Å². The molecule has 0 unspecified atom stereocenters. The minimum absolute atomic E-state index is 0.106. The molecule has 2 aromatic heterocycles. The normalized spacial score (nSPS) is 11.9. The third kappa shape index (κ3) is 4.61. The number of methoxy groups -OCH3 is 1. The summed E-state index contributed by atoms with van der Waals surface area (Å²) in [4.78, 5) is 29.2. The Bertz CT molecular complexity index is 1490. The summed E-state index contributed by atoms with van der Waals surface area (Å²) in [5.41, 5.74) is 3.02. The number of amides is 1. The van der Waals surface area contributed by atoms with Gasteiger partial charge in [-0.1, -0.05) is 54.6 Å². The molecule has 35 heavy (non-hydrogen) atoms. The molecule has 0 saturated carbocycles. The molecule has 0 aliphatic rings. The Morgan fingerprint density at radius 1 is 0.943 bits per heavy atom. The highest BCUT2D eigenvalue weighted by Crippen LogP contribution is 2.28. The van der Waals surface area contributed by atoms with E-state index in [-0.39, 0.29) is 18.8 Å². The average molecular weight is 469 g/mol. The van der Waals surface area contributed by atoms with Crippen LogP contribution in [0, 0.1) is 0 Å². The number of fused-ring (bicyclic) bond motifs is 2. The van der Waals surface area contributed by atoms with Gasteiger partial charge in [0.1, 0.15) is 24.0 Å². The smallest absolute Gasteiger partial charge is 0.328 e. The van der Waals surface area contributed by atoms with Gasteiger partial charge in [-0.25, -0.2) is 4.79 Å². The van der Waals surface area contributed by atoms with Crippen LogP contribution in [0.25, 0.3) is 21.9 Å². The Kier molecular flexibility index (Phi) is 6.22. The lowest BCUT2D eigenvalue weighted by Gasteiger charge is -2.16. The maximum absolute atomic E-state index is 13.4. The van der Waals surface area contributed by atoms with Crippen molar-refractivity contribution in [2.45, 2.75) is 19.1 Å². The van der Waals surface area contributed by atoms with E-state index in [9.17, 15) is 9.59 Å². The SMILES string of the molecule is COC(=O)[C@@H](Cc1c[nH]c2ccccc12)NC(=O)c1oc2ccccc2c1COc1ccccc1. The van der Waals surface area contributed by atoms with Crippen molar-refractivity contribution in [1.29, 1.82) is 0 Å². The van der Waals surface area contributed by atoms with Crippen molar-refractivity contribution in [2.75, 3.05) is 7.11 Å². The van der Waals surface area contributed by atoms with Crippen molar-refractivity contribution in [3.63, 3.8) is 0 Å². The van der Waals surface area contributed by atoms with E-state index in [1.165, 1.54) is 7.11 Å². The fourth-order valence-corrected chi connectivity index (χ4v) is 4.18. The minimum atomic E-state index is -0.900. The second-order valence-corrected chi connectivity index (χ2v) is 8.12. The fraction of sp³-hybridized carbons (Fsp3) is 0.143. The van der Waals surface area contributed by atoms with Gasteiger partial charge < -0.3 is 24.2 Å². The number of H-pyrrole nitrogens is 1. The molecule has 0 radical (unpaired) electrons. The van der Waals surface area contributed by atoms with Crippen LogP contribution in [0.4, 0.5) is 0 Å². The van der Waals surface area contributed by atoms with E-state index >= 15 is 0 Å². The van der Waals surface area contributed by atoms with Gasteiger partial charge in [-0.15, -0.1) is 0 Å². The molecule has 5 rings (SSSR count). The number of carbonyl (C=O) groups excluding carboxylic acids is 2. The summed E-state index contributed by atoms with van der Waals surface area (Å²) in [7, 11) is 1.30. The number of carbonyl (C=O) groups is 2. The number of aromatic amines is 1. The van der Waals surface area contributed by atoms with Crippen molar-refractivity contribution >= 4 is 33.7 Å². The lowest BCUT2D eigenvalue weighted by atomic mass is 10.0. The van der Waals surface area contributed by atoms with E-state index in [0.29, 0.717) is 16.9 Å². The molecule has 0 fully saturated rings. The third-order valence-corrected chi connectivity index (χ3v) is 5.92. The van der Waals surface area contributed by atoms with E-state index < -0.39 is 17.9 Å². The van der Waals surface area contributed by atoms with E-state index in [0.717, 1.165) is 21.9 Å². The predicted molar refractivity (Wildman–Crippen MR) is 132 cm³/mol. The summed E-state index contributed by atoms with van der Waals surface area (Å²) in [6.45, 7) is 0.134. The summed E-state index contributed by atoms with van der Waals surface area (Å²) in [6.07, 6.45) is 2.10. The third-order valence-electron chi connectivity index (χ3n) is 5.92. The monoisotopic (exact) mass is 468 g/mol. The lowest BCUT2D eigenvalue weighted by molar-refractivity contribution is -0.142. The van der Waals surface area contributed by atoms with Crippen LogP contribution >= 0.6 is 0 Å². The molecule has 7 heteroatoms. The Hall–Kier alpha value is -4.52. The Labute approximate surface area is 201 Å². The molecule has 0 bridgehead atoms. The summed E-state index contributed by atoms with van der Waals surface area (Å²) < 4.78 is 16.8. The number of aromatic nitrogens is 1. The van der Waals surface area contributed by atoms with Crippen molar-refractivity contribution in [1.82, 2.24) is 10.3 Å². The Balaban J connectivity index is 1.43. The number of nitrogens with one attached hydrogen (secondary N) is 2. The zero-order valence-corrected chi connectivity index (χ0v) is 19.1. The predicted octanol–water partition coefficient (Wildman–Crippen LogP) is 5.01. The number of benzene rings is 3. The van der Waals surface area contributed by atoms with Gasteiger partial charge in [-0.2, -0.15) is 0 Å². The number of ether oxygens (including phenoxy) is 2. The number of rotatable bonds is 8. The fourth-order valence-electron chi connectivity index (χ4n) is 4.18. The summed E-state index contributed by atoms with van der Waals surface area (Å²) in [5, 5.41) is 4.57. The standard InChI is InChI=1S/C28H24N2O5/c1-33-28(32)24(15-18-16-29-23-13-7-5-11-20(18)23)30-27(31)26-22(17-34-19-9-3-2-4-10-19)21-12-6-8-14-25(21)35-26/h2-14,16,24,29H,15,17H2,1H3,(H,30,31)/t24-/m1/s1. The van der Waals surface area contributed by atoms with E-state index in [1.807, 2.05) is 79.0 Å². The number of esters is 1. The van der Waals surface area contributed by atoms with Crippen LogP contribution < -0.4 is 10.1 Å². The second kappa shape index (κ2) is 9.77. The van der Waals surface area contributed by atoms with Gasteiger partial charge in [0, 0.05) is 34.5 Å². The molecule has 0 spiro atoms. The molecule has 1 atom stereocenters. The average Bonchev–Trinajstić information content (AvgIpc) is 3.48. The van der Waals surface area contributed by atoms with Crippen LogP contribution in [0.3, 0.4) is 0 Å². The highest BCUT2D eigenvalue weighted by atomic mass is 16.5. The van der Waals surface area contributed by atoms with Crippen LogP contribution in [0.15, 0.2) is 89.5 Å². The summed E-state index contributed by atoms with van der Waals surface area (Å²) >= 11 is 0. The molecular weight excluding hydrogens is 444 g/mol. The summed E-state index contributed by atoms with van der Waals surface area (Å²) in [5.74, 6) is -0.268. The molecule has 7 nitrogen and oxygen atoms in total. The van der Waals surface area contributed by atoms with Crippen LogP contribution in [-0.4, -0.2) is 30.0 Å². The maximum Gasteiger partial charge on any atom is 0.328 e. The van der Waals surface area contributed by atoms with Gasteiger partial charge in [0.2, 0.25) is 0 Å². The van der Waals surface area contributed by atoms with Crippen molar-refractivity contribution < 1.29 is 23.5 Å². The second-order valence-electron chi connectivity index (χ2n) is 8.12. The van der Waals surface area contributed by atoms with Crippen molar-refractivity contribution in [3.05, 3.63) is 102 Å². The first-order chi connectivity index (χ1) is 17.1. The molecule has 176 valence electrons. The highest BCUT2D eigenvalue weighted by Gasteiger charge is 2.28. The Morgan fingerprint density at radius 3 is 2.46 bits per heavy atom. The van der Waals surface area contributed by atoms with Crippen LogP contribution in [0.2, 0.25) is 0 Å². The van der Waals surface area contributed by atoms with E-state index in [4.69, 9.17) is 13.9 Å². The molecular formula is C28H24N2O5. The number of hydrogen-bond donors (Lipinski definition) is 2. The molecule has 0 aliphatic heterocycles. The maximum atomic E-state index is 13.4. The van der Waals surface area contributed by atoms with E-state index in [2.05, 4.69) is 10.3 Å². The topological polar surface area (TPSA) is 93.6 Å². The van der Waals surface area contributed by atoms with Crippen molar-refractivity contribution in [2.24, 2.45) is 0 Å². The zero-order valence-electron chi connectivity index (χ0n) is 19.1. The number of hydrogen-bond acceptors (Lipinski definition) is 5. The van der Waals surface area contributed by atoms with E-state index in [1.54, 1.807) is 6.07 Å². The largest absolute Gasteiger partial charge is 0.489 e. The quantitative estimate of drug-likeness (QED) is 0.312. The van der Waals surface area contributed by atoms with Gasteiger partial charge in [-0.3, -0.25) is 4.79 Å². The molecule has 2 heterocycles. The number of furan rings is 1. The molecule has 0 saturated heterocycles. The van der Waals surface area contributed by atoms with Gasteiger partial charge in [0.25, 0.3) is 5.91 Å². The first kappa shape index (κ1) is 22.3. The minimum Gasteiger partial charge on any atom is -0.489 e. The van der Waals surface area contributed by atoms with Crippen molar-refractivity contribution in [3.8, 4) is 5.75 Å². The molecule has 0 aliphatic carbocycles. The van der Waals surface area contributed by atoms with Crippen LogP contribution in [0.5, 0.6) is 5.75 Å². The summed E-state index contributed by atoms with van der Waals surface area (Å²) in [6, 6.07) is 23.6. The van der Waals surface area contributed by atoms with Gasteiger partial charge in [-0.05, 0) is 29.8 Å². The molecule has 3 aromatic carbocycles. The van der Waals surface area contributed by atoms with Gasteiger partial charge >= 0.3 is 5.97 Å². The zero-order chi connectivity index (χ0) is 24.2. The lowest BCUT2D eigenvalue weighted by Crippen LogP contribution is -2.43. The molecule has 2 N–H and O–H groups in total. The first-order valence-electron chi connectivity index (χ1n) is 11.3. The molecule has 1 amide bonds. The first-order valence-corrected chi connectivity index (χ1v) is 11.3. The highest BCUT2D eigenvalue weighted by molar-refractivity contribution is 6.00. The van der Waals surface area contributed by atoms with Crippen LogP contribution in [-0.2, 0) is 22.6 Å². The number of para-hydroxylation sites is 3. The van der Waals surface area contributed by atoms with Gasteiger partial charge in [0.05, 0.1) is 7.11 Å². The Morgan fingerprint density at radius 2 is 1.66 bits per heavy atom. The van der Waals surface area contributed by atoms with Gasteiger partial charge in [0.15, 0.2) is 5.76 Å². The molecule has 5 aromatic rings.